The summed E-state index contributed by atoms with van der Waals surface area (Å²) in [5.41, 5.74) is 0. The normalized spacial score (nSPS) is 15.5. The van der Waals surface area contributed by atoms with Crippen LogP contribution in [0.2, 0.25) is 0 Å². The largest absolute Gasteiger partial charge is 0.455 e. The number of halogens is 2. The summed E-state index contributed by atoms with van der Waals surface area (Å²) in [6.07, 6.45) is 2.83. The number of benzene rings is 1. The Kier molecular flexibility index (Phi) is 4.88. The summed E-state index contributed by atoms with van der Waals surface area (Å²) in [4.78, 5) is 11.0. The SMILES string of the molecule is C=CC(=O)OCC(F)(F)S(=O)(O)(O)S(C)(C)c1ccccc1. The summed E-state index contributed by atoms with van der Waals surface area (Å²) in [5, 5.41) is -4.54. The van der Waals surface area contributed by atoms with Crippen LogP contribution in [-0.4, -0.2) is 43.7 Å². The van der Waals surface area contributed by atoms with Gasteiger partial charge in [0.15, 0.2) is 15.3 Å². The Hall–Kier alpha value is -1.29. The van der Waals surface area contributed by atoms with E-state index in [1.807, 2.05) is 0 Å². The first-order chi connectivity index (χ1) is 9.85. The maximum Gasteiger partial charge on any atom is 0.382 e. The lowest BCUT2D eigenvalue weighted by Gasteiger charge is -2.51. The Balaban J connectivity index is 3.29. The molecule has 0 heterocycles. The van der Waals surface area contributed by atoms with E-state index >= 15 is 0 Å². The van der Waals surface area contributed by atoms with Gasteiger partial charge in [0.25, 0.3) is 0 Å². The first-order valence-electron chi connectivity index (χ1n) is 5.96. The van der Waals surface area contributed by atoms with E-state index in [1.54, 1.807) is 6.07 Å². The molecule has 0 bridgehead atoms. The van der Waals surface area contributed by atoms with Crippen LogP contribution in [0.15, 0.2) is 47.9 Å². The summed E-state index contributed by atoms with van der Waals surface area (Å²) in [5.74, 6) is -1.18. The fourth-order valence-corrected chi connectivity index (χ4v) is 6.92. The third-order valence-corrected chi connectivity index (χ3v) is 13.0. The summed E-state index contributed by atoms with van der Waals surface area (Å²) >= 11 is 0. The molecule has 0 saturated heterocycles. The summed E-state index contributed by atoms with van der Waals surface area (Å²) in [6, 6.07) is 7.36. The number of hydrogen-bond acceptors (Lipinski definition) is 3. The highest BCUT2D eigenvalue weighted by atomic mass is 33.2. The van der Waals surface area contributed by atoms with Crippen molar-refractivity contribution in [2.24, 2.45) is 0 Å². The van der Waals surface area contributed by atoms with E-state index in [9.17, 15) is 26.9 Å². The zero-order valence-electron chi connectivity index (χ0n) is 12.1. The number of ether oxygens (including phenoxy) is 1. The quantitative estimate of drug-likeness (QED) is 0.465. The van der Waals surface area contributed by atoms with Gasteiger partial charge < -0.3 is 4.74 Å². The molecular formula is C13H18F2O5S2. The van der Waals surface area contributed by atoms with Crippen LogP contribution in [0.3, 0.4) is 0 Å². The highest BCUT2D eigenvalue weighted by Gasteiger charge is 2.65. The fraction of sp³-hybridized carbons (Fsp3) is 0.308. The van der Waals surface area contributed by atoms with Gasteiger partial charge in [0.1, 0.15) is 0 Å². The van der Waals surface area contributed by atoms with E-state index in [-0.39, 0.29) is 4.90 Å². The van der Waals surface area contributed by atoms with Gasteiger partial charge in [-0.2, -0.15) is 8.78 Å². The van der Waals surface area contributed by atoms with Crippen LogP contribution >= 0.6 is 9.06 Å². The van der Waals surface area contributed by atoms with E-state index in [4.69, 9.17) is 0 Å². The third kappa shape index (κ3) is 2.94. The van der Waals surface area contributed by atoms with Crippen LogP contribution in [0.5, 0.6) is 0 Å². The second-order valence-corrected chi connectivity index (χ2v) is 14.2. The number of alkyl halides is 2. The van der Waals surface area contributed by atoms with Crippen LogP contribution in [0.4, 0.5) is 8.78 Å². The molecule has 0 saturated carbocycles. The molecule has 1 aromatic rings. The monoisotopic (exact) mass is 356 g/mol. The maximum absolute atomic E-state index is 14.2. The van der Waals surface area contributed by atoms with E-state index in [1.165, 1.54) is 24.3 Å². The van der Waals surface area contributed by atoms with E-state index in [2.05, 4.69) is 11.3 Å². The Morgan fingerprint density at radius 3 is 2.32 bits per heavy atom. The molecule has 0 radical (unpaired) electrons. The van der Waals surface area contributed by atoms with Gasteiger partial charge in [-0.1, -0.05) is 24.8 Å². The van der Waals surface area contributed by atoms with Gasteiger partial charge in [0.05, 0.1) is 0 Å². The highest BCUT2D eigenvalue weighted by Crippen LogP contribution is 2.69. The summed E-state index contributed by atoms with van der Waals surface area (Å²) in [6.45, 7) is 1.31. The van der Waals surface area contributed by atoms with E-state index < -0.39 is 35.6 Å². The minimum Gasteiger partial charge on any atom is -0.455 e. The molecule has 22 heavy (non-hydrogen) atoms. The summed E-state index contributed by atoms with van der Waals surface area (Å²) in [7, 11) is -9.74. The fourth-order valence-electron chi connectivity index (χ4n) is 1.54. The zero-order chi connectivity index (χ0) is 17.3. The predicted octanol–water partition coefficient (Wildman–Crippen LogP) is 3.11. The van der Waals surface area contributed by atoms with Crippen molar-refractivity contribution >= 4 is 23.7 Å². The molecule has 126 valence electrons. The van der Waals surface area contributed by atoms with Gasteiger partial charge in [-0.15, -0.1) is 9.06 Å². The molecule has 0 amide bonds. The first kappa shape index (κ1) is 18.8. The average molecular weight is 356 g/mol. The molecule has 2 N–H and O–H groups in total. The average Bonchev–Trinajstić information content (AvgIpc) is 2.44. The van der Waals surface area contributed by atoms with Gasteiger partial charge in [0.2, 0.25) is 0 Å². The van der Waals surface area contributed by atoms with Crippen molar-refractivity contribution in [2.75, 3.05) is 19.1 Å². The second-order valence-electron chi connectivity index (χ2n) is 4.79. The van der Waals surface area contributed by atoms with E-state index in [0.29, 0.717) is 6.08 Å². The van der Waals surface area contributed by atoms with E-state index in [0.717, 1.165) is 12.5 Å². The predicted molar refractivity (Wildman–Crippen MR) is 83.7 cm³/mol. The molecule has 0 atom stereocenters. The molecule has 1 rings (SSSR count). The molecular weight excluding hydrogens is 338 g/mol. The van der Waals surface area contributed by atoms with Gasteiger partial charge >= 0.3 is 11.2 Å². The molecule has 0 aliphatic heterocycles. The Bertz CT molecular complexity index is 637. The van der Waals surface area contributed by atoms with Crippen molar-refractivity contribution in [3.8, 4) is 0 Å². The Labute approximate surface area is 128 Å². The Morgan fingerprint density at radius 1 is 1.36 bits per heavy atom. The molecule has 5 nitrogen and oxygen atoms in total. The minimum atomic E-state index is -6.49. The van der Waals surface area contributed by atoms with Gasteiger partial charge in [-0.3, -0.25) is 9.11 Å². The topological polar surface area (TPSA) is 83.8 Å². The first-order valence-corrected chi connectivity index (χ1v) is 10.8. The molecule has 9 heteroatoms. The maximum atomic E-state index is 14.2. The van der Waals surface area contributed by atoms with Crippen LogP contribution in [-0.2, 0) is 18.2 Å². The van der Waals surface area contributed by atoms with Crippen LogP contribution in [0, 0.1) is 0 Å². The molecule has 0 spiro atoms. The molecule has 0 aromatic heterocycles. The molecule has 0 fully saturated rings. The smallest absolute Gasteiger partial charge is 0.382 e. The van der Waals surface area contributed by atoms with Crippen LogP contribution < -0.4 is 0 Å². The van der Waals surface area contributed by atoms with Crippen LogP contribution in [0.25, 0.3) is 0 Å². The van der Waals surface area contributed by atoms with Crippen molar-refractivity contribution in [1.29, 1.82) is 0 Å². The van der Waals surface area contributed by atoms with Crippen LogP contribution in [0.1, 0.15) is 0 Å². The van der Waals surface area contributed by atoms with Gasteiger partial charge in [-0.05, 0) is 24.6 Å². The lowest BCUT2D eigenvalue weighted by atomic mass is 10.4. The number of hydrogen-bond donors (Lipinski definition) is 2. The standard InChI is InChI=1S/C13H18F2O5S2/c1-4-12(16)20-10-13(14,15)22(17,18,19)21(2,3)11-8-6-5-7-9-11/h4-9H,1,10H2,2-3H3,(H2,17,18,19). The number of rotatable bonds is 6. The highest BCUT2D eigenvalue weighted by molar-refractivity contribution is 8.97. The van der Waals surface area contributed by atoms with Gasteiger partial charge in [0, 0.05) is 11.0 Å². The molecule has 0 aliphatic carbocycles. The second kappa shape index (κ2) is 5.73. The van der Waals surface area contributed by atoms with Crippen molar-refractivity contribution in [3.05, 3.63) is 43.0 Å². The number of carbonyl (C=O) groups is 1. The Morgan fingerprint density at radius 2 is 1.86 bits per heavy atom. The summed E-state index contributed by atoms with van der Waals surface area (Å²) < 4.78 is 65.2. The molecule has 1 aromatic carbocycles. The third-order valence-electron chi connectivity index (χ3n) is 3.12. The minimum absolute atomic E-state index is 0.117. The molecule has 0 unspecified atom stereocenters. The number of esters is 1. The van der Waals surface area contributed by atoms with Gasteiger partial charge in [-0.25, -0.2) is 9.00 Å². The number of carbonyl (C=O) groups excluding carboxylic acids is 1. The van der Waals surface area contributed by atoms with Crippen molar-refractivity contribution in [1.82, 2.24) is 0 Å². The lowest BCUT2D eigenvalue weighted by molar-refractivity contribution is -0.144. The zero-order valence-corrected chi connectivity index (χ0v) is 13.7. The van der Waals surface area contributed by atoms with Crippen molar-refractivity contribution in [2.45, 2.75) is 10.2 Å². The molecule has 0 aliphatic rings. The van der Waals surface area contributed by atoms with Crippen molar-refractivity contribution < 1.29 is 31.6 Å². The lowest BCUT2D eigenvalue weighted by Crippen LogP contribution is -2.54. The van der Waals surface area contributed by atoms with Crippen molar-refractivity contribution in [3.63, 3.8) is 0 Å².